The first kappa shape index (κ1) is 15.8. The third-order valence-corrected chi connectivity index (χ3v) is 4.50. The first-order chi connectivity index (χ1) is 10.0. The van der Waals surface area contributed by atoms with Crippen molar-refractivity contribution in [2.24, 2.45) is 11.8 Å². The van der Waals surface area contributed by atoms with E-state index >= 15 is 0 Å². The van der Waals surface area contributed by atoms with Gasteiger partial charge in [-0.2, -0.15) is 0 Å². The highest BCUT2D eigenvalue weighted by Gasteiger charge is 2.32. The van der Waals surface area contributed by atoms with Gasteiger partial charge in [0.15, 0.2) is 0 Å². The van der Waals surface area contributed by atoms with Gasteiger partial charge in [0.05, 0.1) is 0 Å². The van der Waals surface area contributed by atoms with E-state index in [0.717, 1.165) is 24.0 Å². The Labute approximate surface area is 130 Å². The lowest BCUT2D eigenvalue weighted by molar-refractivity contribution is -0.122. The Morgan fingerprint density at radius 2 is 2.00 bits per heavy atom. The van der Waals surface area contributed by atoms with Crippen LogP contribution in [0, 0.1) is 23.7 Å². The number of ketones is 2. The van der Waals surface area contributed by atoms with Gasteiger partial charge in [0, 0.05) is 28.8 Å². The van der Waals surface area contributed by atoms with Crippen molar-refractivity contribution < 1.29 is 9.59 Å². The quantitative estimate of drug-likeness (QED) is 0.792. The van der Waals surface area contributed by atoms with Crippen molar-refractivity contribution >= 4 is 23.2 Å². The van der Waals surface area contributed by atoms with Crippen LogP contribution in [0.1, 0.15) is 44.2 Å². The van der Waals surface area contributed by atoms with Crippen LogP contribution in [0.25, 0.3) is 0 Å². The van der Waals surface area contributed by atoms with Crippen LogP contribution in [0.3, 0.4) is 0 Å². The average Bonchev–Trinajstić information content (AvgIpc) is 2.92. The van der Waals surface area contributed by atoms with Crippen LogP contribution in [0.2, 0.25) is 5.02 Å². The van der Waals surface area contributed by atoms with Gasteiger partial charge in [-0.1, -0.05) is 23.6 Å². The van der Waals surface area contributed by atoms with Crippen molar-refractivity contribution in [3.8, 4) is 11.8 Å². The molecule has 1 aliphatic rings. The van der Waals surface area contributed by atoms with Crippen molar-refractivity contribution in [1.29, 1.82) is 0 Å². The molecule has 3 heteroatoms. The summed E-state index contributed by atoms with van der Waals surface area (Å²) in [7, 11) is 0. The van der Waals surface area contributed by atoms with Gasteiger partial charge in [0.1, 0.15) is 11.6 Å². The fraction of sp³-hybridized carbons (Fsp3) is 0.444. The molecule has 0 spiro atoms. The molecule has 0 radical (unpaired) electrons. The van der Waals surface area contributed by atoms with E-state index in [1.807, 2.05) is 12.1 Å². The first-order valence-corrected chi connectivity index (χ1v) is 7.63. The van der Waals surface area contributed by atoms with Crippen molar-refractivity contribution in [3.05, 3.63) is 34.3 Å². The van der Waals surface area contributed by atoms with Crippen molar-refractivity contribution in [2.75, 3.05) is 0 Å². The molecule has 0 bridgehead atoms. The highest BCUT2D eigenvalue weighted by atomic mass is 35.5. The Balaban J connectivity index is 2.03. The van der Waals surface area contributed by atoms with E-state index < -0.39 is 0 Å². The summed E-state index contributed by atoms with van der Waals surface area (Å²) in [6.45, 7) is 3.39. The number of hydrogen-bond donors (Lipinski definition) is 0. The topological polar surface area (TPSA) is 34.1 Å². The monoisotopic (exact) mass is 302 g/mol. The fourth-order valence-corrected chi connectivity index (χ4v) is 3.14. The Hall–Kier alpha value is -1.59. The molecule has 0 saturated heterocycles. The van der Waals surface area contributed by atoms with Crippen molar-refractivity contribution in [1.82, 2.24) is 0 Å². The van der Waals surface area contributed by atoms with Gasteiger partial charge < -0.3 is 0 Å². The Morgan fingerprint density at radius 3 is 2.57 bits per heavy atom. The van der Waals surface area contributed by atoms with Crippen LogP contribution < -0.4 is 0 Å². The minimum atomic E-state index is 0.00470. The van der Waals surface area contributed by atoms with Gasteiger partial charge >= 0.3 is 0 Å². The van der Waals surface area contributed by atoms with E-state index in [9.17, 15) is 9.59 Å². The summed E-state index contributed by atoms with van der Waals surface area (Å²) in [4.78, 5) is 23.7. The zero-order valence-corrected chi connectivity index (χ0v) is 13.2. The number of hydrogen-bond acceptors (Lipinski definition) is 2. The minimum absolute atomic E-state index is 0.00470. The van der Waals surface area contributed by atoms with E-state index in [0.29, 0.717) is 17.9 Å². The number of halogens is 1. The second-order valence-corrected chi connectivity index (χ2v) is 6.05. The number of rotatable bonds is 4. The van der Waals surface area contributed by atoms with Crippen LogP contribution in [-0.4, -0.2) is 11.6 Å². The maximum Gasteiger partial charge on any atom is 0.140 e. The molecule has 1 aromatic rings. The molecule has 0 amide bonds. The zero-order chi connectivity index (χ0) is 15.4. The minimum Gasteiger partial charge on any atom is -0.300 e. The molecule has 0 N–H and O–H groups in total. The van der Waals surface area contributed by atoms with Crippen LogP contribution in [0.15, 0.2) is 18.2 Å². The van der Waals surface area contributed by atoms with E-state index in [-0.39, 0.29) is 23.4 Å². The number of carbonyl (C=O) groups excluding carboxylic acids is 2. The molecule has 0 heterocycles. The summed E-state index contributed by atoms with van der Waals surface area (Å²) >= 11 is 6.22. The number of carbonyl (C=O) groups is 2. The second-order valence-electron chi connectivity index (χ2n) is 5.64. The van der Waals surface area contributed by atoms with Crippen LogP contribution in [0.5, 0.6) is 0 Å². The lowest BCUT2D eigenvalue weighted by atomic mass is 9.94. The number of benzene rings is 1. The lowest BCUT2D eigenvalue weighted by Crippen LogP contribution is -2.15. The molecule has 0 aliphatic heterocycles. The predicted molar refractivity (Wildman–Crippen MR) is 84.2 cm³/mol. The molecule has 1 fully saturated rings. The third kappa shape index (κ3) is 3.95. The molecule has 2 atom stereocenters. The van der Waals surface area contributed by atoms with Crippen molar-refractivity contribution in [3.63, 3.8) is 0 Å². The van der Waals surface area contributed by atoms with Gasteiger partial charge in [-0.15, -0.1) is 5.92 Å². The number of Topliss-reactive ketones (excluding diaryl/α,β-unsaturated/α-hetero) is 2. The maximum absolute atomic E-state index is 12.3. The molecule has 110 valence electrons. The van der Waals surface area contributed by atoms with Gasteiger partial charge in [0.2, 0.25) is 0 Å². The van der Waals surface area contributed by atoms with Crippen LogP contribution >= 0.6 is 11.6 Å². The zero-order valence-electron chi connectivity index (χ0n) is 12.4. The average molecular weight is 303 g/mol. The standard InChI is InChI=1S/C18H19ClO2/c1-3-4-13-5-6-15(17(19)9-13)11-18(21)16-8-7-14(10-16)12(2)20/h5-6,9,14,16H,7-8,10-11H2,1-2H3. The molecule has 21 heavy (non-hydrogen) atoms. The summed E-state index contributed by atoms with van der Waals surface area (Å²) in [5, 5.41) is 0.588. The Bertz CT molecular complexity index is 622. The highest BCUT2D eigenvalue weighted by molar-refractivity contribution is 6.31. The molecule has 1 aromatic carbocycles. The summed E-state index contributed by atoms with van der Waals surface area (Å²) in [5.41, 5.74) is 1.70. The summed E-state index contributed by atoms with van der Waals surface area (Å²) in [6, 6.07) is 5.56. The molecule has 2 rings (SSSR count). The van der Waals surface area contributed by atoms with E-state index in [4.69, 9.17) is 11.6 Å². The van der Waals surface area contributed by atoms with E-state index in [2.05, 4.69) is 11.8 Å². The molecular weight excluding hydrogens is 284 g/mol. The molecule has 2 unspecified atom stereocenters. The second kappa shape index (κ2) is 6.91. The van der Waals surface area contributed by atoms with E-state index in [1.165, 1.54) is 0 Å². The Morgan fingerprint density at radius 1 is 1.29 bits per heavy atom. The molecule has 0 aromatic heterocycles. The van der Waals surface area contributed by atoms with Gasteiger partial charge in [-0.3, -0.25) is 9.59 Å². The summed E-state index contributed by atoms with van der Waals surface area (Å²) in [5.74, 6) is 6.23. The van der Waals surface area contributed by atoms with E-state index in [1.54, 1.807) is 19.9 Å². The SMILES string of the molecule is CC#Cc1ccc(CC(=O)C2CCC(C(C)=O)C2)c(Cl)c1. The summed E-state index contributed by atoms with van der Waals surface area (Å²) < 4.78 is 0. The first-order valence-electron chi connectivity index (χ1n) is 7.25. The molecule has 2 nitrogen and oxygen atoms in total. The van der Waals surface area contributed by atoms with Gasteiger partial charge in [-0.25, -0.2) is 0 Å². The largest absolute Gasteiger partial charge is 0.300 e. The van der Waals surface area contributed by atoms with Crippen LogP contribution in [-0.2, 0) is 16.0 Å². The molecular formula is C18H19ClO2. The lowest BCUT2D eigenvalue weighted by Gasteiger charge is -2.10. The maximum atomic E-state index is 12.3. The third-order valence-electron chi connectivity index (χ3n) is 4.15. The van der Waals surface area contributed by atoms with Gasteiger partial charge in [0.25, 0.3) is 0 Å². The predicted octanol–water partition coefficient (Wildman–Crippen LogP) is 3.83. The summed E-state index contributed by atoms with van der Waals surface area (Å²) in [6.07, 6.45) is 2.70. The fourth-order valence-electron chi connectivity index (χ4n) is 2.89. The van der Waals surface area contributed by atoms with Crippen molar-refractivity contribution in [2.45, 2.75) is 39.5 Å². The smallest absolute Gasteiger partial charge is 0.140 e. The van der Waals surface area contributed by atoms with Gasteiger partial charge in [-0.05, 0) is 50.8 Å². The van der Waals surface area contributed by atoms with Crippen LogP contribution in [0.4, 0.5) is 0 Å². The molecule has 1 saturated carbocycles. The normalized spacial score (nSPS) is 20.7. The molecule has 1 aliphatic carbocycles. The Kier molecular flexibility index (Phi) is 5.20. The highest BCUT2D eigenvalue weighted by Crippen LogP contribution is 2.33.